The van der Waals surface area contributed by atoms with Crippen molar-refractivity contribution in [1.29, 1.82) is 0 Å². The summed E-state index contributed by atoms with van der Waals surface area (Å²) in [6, 6.07) is 7.76. The highest BCUT2D eigenvalue weighted by Gasteiger charge is 2.24. The molecule has 0 aromatic heterocycles. The smallest absolute Gasteiger partial charge is 0.153 e. The summed E-state index contributed by atoms with van der Waals surface area (Å²) < 4.78 is 28.2. The summed E-state index contributed by atoms with van der Waals surface area (Å²) in [5.74, 6) is 1.28. The van der Waals surface area contributed by atoms with Gasteiger partial charge in [-0.1, -0.05) is 12.1 Å². The van der Waals surface area contributed by atoms with Crippen molar-refractivity contribution in [2.45, 2.75) is 12.5 Å². The molecular formula is C12H17NO3S. The van der Waals surface area contributed by atoms with Gasteiger partial charge in [-0.15, -0.1) is 0 Å². The average Bonchev–Trinajstić information content (AvgIpc) is 2.28. The molecule has 1 saturated heterocycles. The molecule has 1 heterocycles. The van der Waals surface area contributed by atoms with E-state index in [9.17, 15) is 8.42 Å². The molecule has 1 fully saturated rings. The summed E-state index contributed by atoms with van der Waals surface area (Å²) in [7, 11) is -1.23. The van der Waals surface area contributed by atoms with Crippen molar-refractivity contribution in [3.8, 4) is 5.75 Å². The monoisotopic (exact) mass is 255 g/mol. The van der Waals surface area contributed by atoms with E-state index in [1.807, 2.05) is 24.3 Å². The number of rotatable bonds is 3. The van der Waals surface area contributed by atoms with Crippen molar-refractivity contribution in [1.82, 2.24) is 5.32 Å². The summed E-state index contributed by atoms with van der Waals surface area (Å²) in [6.07, 6.45) is 0.719. The number of methoxy groups -OCH3 is 1. The summed E-state index contributed by atoms with van der Waals surface area (Å²) in [6.45, 7) is 0.553. The van der Waals surface area contributed by atoms with Crippen LogP contribution in [0.2, 0.25) is 0 Å². The molecule has 1 atom stereocenters. The first kappa shape index (κ1) is 12.4. The normalized spacial score (nSPS) is 23.2. The quantitative estimate of drug-likeness (QED) is 0.860. The lowest BCUT2D eigenvalue weighted by atomic mass is 10.1. The van der Waals surface area contributed by atoms with Crippen LogP contribution in [0.25, 0.3) is 0 Å². The third-order valence-corrected chi connectivity index (χ3v) is 4.65. The lowest BCUT2D eigenvalue weighted by Crippen LogP contribution is -2.46. The van der Waals surface area contributed by atoms with Gasteiger partial charge in [0.15, 0.2) is 9.84 Å². The molecule has 0 radical (unpaired) electrons. The number of hydrogen-bond donors (Lipinski definition) is 1. The summed E-state index contributed by atoms with van der Waals surface area (Å²) in [4.78, 5) is 0. The molecule has 1 aromatic carbocycles. The second-order valence-corrected chi connectivity index (χ2v) is 6.55. The third kappa shape index (κ3) is 3.44. The second-order valence-electron chi connectivity index (χ2n) is 4.32. The maximum atomic E-state index is 11.5. The van der Waals surface area contributed by atoms with E-state index in [2.05, 4.69) is 5.32 Å². The van der Waals surface area contributed by atoms with E-state index in [1.54, 1.807) is 7.11 Å². The van der Waals surface area contributed by atoms with Gasteiger partial charge in [0.2, 0.25) is 0 Å². The van der Waals surface area contributed by atoms with E-state index in [0.717, 1.165) is 17.7 Å². The Hall–Kier alpha value is -1.07. The molecule has 1 aromatic rings. The highest BCUT2D eigenvalue weighted by Crippen LogP contribution is 2.15. The Bertz CT molecular complexity index is 484. The van der Waals surface area contributed by atoms with E-state index in [0.29, 0.717) is 6.54 Å². The first-order valence-electron chi connectivity index (χ1n) is 5.66. The fourth-order valence-corrected chi connectivity index (χ4v) is 3.53. The second kappa shape index (κ2) is 5.06. The van der Waals surface area contributed by atoms with Gasteiger partial charge in [0.25, 0.3) is 0 Å². The van der Waals surface area contributed by atoms with Gasteiger partial charge < -0.3 is 10.1 Å². The third-order valence-electron chi connectivity index (χ3n) is 2.92. The standard InChI is InChI=1S/C12H17NO3S/c1-16-12-4-2-3-10(8-12)7-11-9-17(14,15)6-5-13-11/h2-4,8,11,13H,5-7,9H2,1H3. The van der Waals surface area contributed by atoms with E-state index in [4.69, 9.17) is 4.74 Å². The number of nitrogens with one attached hydrogen (secondary N) is 1. The minimum absolute atomic E-state index is 0.0147. The molecule has 1 aliphatic heterocycles. The van der Waals surface area contributed by atoms with Crippen LogP contribution in [0.5, 0.6) is 5.75 Å². The molecule has 1 aliphatic rings. The Morgan fingerprint density at radius 3 is 3.00 bits per heavy atom. The first-order valence-corrected chi connectivity index (χ1v) is 7.48. The predicted molar refractivity (Wildman–Crippen MR) is 67.1 cm³/mol. The lowest BCUT2D eigenvalue weighted by molar-refractivity contribution is 0.414. The average molecular weight is 255 g/mol. The van der Waals surface area contributed by atoms with Gasteiger partial charge in [0.05, 0.1) is 18.6 Å². The van der Waals surface area contributed by atoms with E-state index < -0.39 is 9.84 Å². The molecule has 0 aliphatic carbocycles. The zero-order valence-electron chi connectivity index (χ0n) is 9.85. The van der Waals surface area contributed by atoms with Gasteiger partial charge in [-0.2, -0.15) is 0 Å². The van der Waals surface area contributed by atoms with E-state index >= 15 is 0 Å². The van der Waals surface area contributed by atoms with Crippen LogP contribution in [-0.2, 0) is 16.3 Å². The summed E-state index contributed by atoms with van der Waals surface area (Å²) in [5, 5.41) is 3.24. The van der Waals surface area contributed by atoms with Crippen LogP contribution < -0.4 is 10.1 Å². The fraction of sp³-hybridized carbons (Fsp3) is 0.500. The van der Waals surface area contributed by atoms with Crippen LogP contribution in [0.4, 0.5) is 0 Å². The molecule has 0 spiro atoms. The molecule has 5 heteroatoms. The number of benzene rings is 1. The molecule has 0 saturated carbocycles. The molecule has 0 amide bonds. The molecule has 1 N–H and O–H groups in total. The van der Waals surface area contributed by atoms with Crippen molar-refractivity contribution in [3.05, 3.63) is 29.8 Å². The lowest BCUT2D eigenvalue weighted by Gasteiger charge is -2.23. The molecule has 1 unspecified atom stereocenters. The fourth-order valence-electron chi connectivity index (χ4n) is 2.08. The van der Waals surface area contributed by atoms with Crippen LogP contribution in [0.15, 0.2) is 24.3 Å². The van der Waals surface area contributed by atoms with Crippen LogP contribution in [-0.4, -0.2) is 39.6 Å². The van der Waals surface area contributed by atoms with Crippen molar-refractivity contribution >= 4 is 9.84 Å². The molecule has 2 rings (SSSR count). The van der Waals surface area contributed by atoms with Crippen molar-refractivity contribution in [2.24, 2.45) is 0 Å². The molecule has 94 valence electrons. The van der Waals surface area contributed by atoms with Gasteiger partial charge in [-0.25, -0.2) is 8.42 Å². The van der Waals surface area contributed by atoms with Crippen molar-refractivity contribution < 1.29 is 13.2 Å². The number of sulfone groups is 1. The maximum Gasteiger partial charge on any atom is 0.153 e. The van der Waals surface area contributed by atoms with Gasteiger partial charge >= 0.3 is 0 Å². The molecule has 0 bridgehead atoms. The van der Waals surface area contributed by atoms with Crippen LogP contribution in [0.3, 0.4) is 0 Å². The van der Waals surface area contributed by atoms with Crippen LogP contribution >= 0.6 is 0 Å². The summed E-state index contributed by atoms with van der Waals surface area (Å²) >= 11 is 0. The Labute approximate surface area is 102 Å². The highest BCUT2D eigenvalue weighted by atomic mass is 32.2. The largest absolute Gasteiger partial charge is 0.497 e. The minimum Gasteiger partial charge on any atom is -0.497 e. The Kier molecular flexibility index (Phi) is 3.69. The highest BCUT2D eigenvalue weighted by molar-refractivity contribution is 7.91. The van der Waals surface area contributed by atoms with Gasteiger partial charge in [0, 0.05) is 12.6 Å². The minimum atomic E-state index is -2.86. The Morgan fingerprint density at radius 2 is 2.29 bits per heavy atom. The molecule has 17 heavy (non-hydrogen) atoms. The maximum absolute atomic E-state index is 11.5. The zero-order valence-corrected chi connectivity index (χ0v) is 10.7. The van der Waals surface area contributed by atoms with E-state index in [1.165, 1.54) is 0 Å². The molecule has 4 nitrogen and oxygen atoms in total. The van der Waals surface area contributed by atoms with Gasteiger partial charge in [-0.3, -0.25) is 0 Å². The van der Waals surface area contributed by atoms with Gasteiger partial charge in [-0.05, 0) is 24.1 Å². The SMILES string of the molecule is COc1cccc(CC2CS(=O)(=O)CCN2)c1. The molecular weight excluding hydrogens is 238 g/mol. The Morgan fingerprint density at radius 1 is 1.47 bits per heavy atom. The topological polar surface area (TPSA) is 55.4 Å². The Balaban J connectivity index is 2.05. The number of hydrogen-bond acceptors (Lipinski definition) is 4. The van der Waals surface area contributed by atoms with Crippen LogP contribution in [0, 0.1) is 0 Å². The summed E-state index contributed by atoms with van der Waals surface area (Å²) in [5.41, 5.74) is 1.10. The predicted octanol–water partition coefficient (Wildman–Crippen LogP) is 0.624. The van der Waals surface area contributed by atoms with Crippen molar-refractivity contribution in [2.75, 3.05) is 25.2 Å². The van der Waals surface area contributed by atoms with Crippen LogP contribution in [0.1, 0.15) is 5.56 Å². The first-order chi connectivity index (χ1) is 8.09. The number of ether oxygens (including phenoxy) is 1. The zero-order chi connectivity index (χ0) is 12.3. The van der Waals surface area contributed by atoms with Crippen molar-refractivity contribution in [3.63, 3.8) is 0 Å². The van der Waals surface area contributed by atoms with E-state index in [-0.39, 0.29) is 17.5 Å². The van der Waals surface area contributed by atoms with Gasteiger partial charge in [0.1, 0.15) is 5.75 Å².